The molecule has 8 heteroatoms. The van der Waals surface area contributed by atoms with E-state index >= 15 is 0 Å². The standard InChI is InChI=1S/C7H8N4O3S/c1-11-5-4(3-8-11)6(12)10-7(9-5)15(2,13)14/h3H,1-2H3,(H,9,10,12). The fourth-order valence-corrected chi connectivity index (χ4v) is 1.72. The van der Waals surface area contributed by atoms with Gasteiger partial charge in [0, 0.05) is 13.3 Å². The van der Waals surface area contributed by atoms with Crippen molar-refractivity contribution >= 4 is 20.9 Å². The van der Waals surface area contributed by atoms with E-state index in [0.717, 1.165) is 6.26 Å². The second-order valence-electron chi connectivity index (χ2n) is 3.15. The first kappa shape index (κ1) is 9.84. The molecule has 0 fully saturated rings. The van der Waals surface area contributed by atoms with Crippen LogP contribution in [0, 0.1) is 0 Å². The summed E-state index contributed by atoms with van der Waals surface area (Å²) in [4.78, 5) is 17.5. The molecule has 2 aromatic rings. The van der Waals surface area contributed by atoms with Crippen molar-refractivity contribution in [3.63, 3.8) is 0 Å². The van der Waals surface area contributed by atoms with Gasteiger partial charge in [-0.15, -0.1) is 0 Å². The normalized spacial score (nSPS) is 12.1. The predicted octanol–water partition coefficient (Wildman–Crippen LogP) is -0.940. The molecular weight excluding hydrogens is 220 g/mol. The highest BCUT2D eigenvalue weighted by atomic mass is 32.2. The Morgan fingerprint density at radius 1 is 1.47 bits per heavy atom. The molecule has 2 aromatic heterocycles. The van der Waals surface area contributed by atoms with Crippen LogP contribution in [0.25, 0.3) is 11.0 Å². The third kappa shape index (κ3) is 1.52. The van der Waals surface area contributed by atoms with Crippen LogP contribution in [0.5, 0.6) is 0 Å². The predicted molar refractivity (Wildman–Crippen MR) is 52.2 cm³/mol. The molecule has 0 spiro atoms. The first-order valence-electron chi connectivity index (χ1n) is 4.01. The lowest BCUT2D eigenvalue weighted by molar-refractivity contribution is 0.592. The highest BCUT2D eigenvalue weighted by Crippen LogP contribution is 2.06. The van der Waals surface area contributed by atoms with Gasteiger partial charge in [-0.3, -0.25) is 14.5 Å². The van der Waals surface area contributed by atoms with Crippen LogP contribution in [0.1, 0.15) is 0 Å². The minimum Gasteiger partial charge on any atom is -0.297 e. The second-order valence-corrected chi connectivity index (χ2v) is 5.08. The largest absolute Gasteiger partial charge is 0.297 e. The zero-order chi connectivity index (χ0) is 11.2. The van der Waals surface area contributed by atoms with Crippen LogP contribution in [0.3, 0.4) is 0 Å². The summed E-state index contributed by atoms with van der Waals surface area (Å²) in [5.41, 5.74) is -0.257. The first-order valence-corrected chi connectivity index (χ1v) is 5.91. The van der Waals surface area contributed by atoms with Crippen LogP contribution in [0.15, 0.2) is 16.1 Å². The van der Waals surface area contributed by atoms with Gasteiger partial charge in [-0.05, 0) is 0 Å². The summed E-state index contributed by atoms with van der Waals surface area (Å²) in [6.45, 7) is 0. The van der Waals surface area contributed by atoms with Crippen molar-refractivity contribution < 1.29 is 8.42 Å². The molecule has 15 heavy (non-hydrogen) atoms. The SMILES string of the molecule is Cn1ncc2c(=O)[nH]c(S(C)(=O)=O)nc21. The Morgan fingerprint density at radius 3 is 2.73 bits per heavy atom. The summed E-state index contributed by atoms with van der Waals surface area (Å²) in [6.07, 6.45) is 2.32. The number of aromatic nitrogens is 4. The molecule has 80 valence electrons. The molecule has 0 aromatic carbocycles. The summed E-state index contributed by atoms with van der Waals surface area (Å²) in [7, 11) is -1.94. The molecule has 2 heterocycles. The van der Waals surface area contributed by atoms with Gasteiger partial charge in [0.05, 0.1) is 6.20 Å². The summed E-state index contributed by atoms with van der Waals surface area (Å²) in [5.74, 6) is 0. The molecule has 7 nitrogen and oxygen atoms in total. The molecule has 0 saturated carbocycles. The van der Waals surface area contributed by atoms with Crippen LogP contribution in [0.4, 0.5) is 0 Å². The maximum absolute atomic E-state index is 11.4. The smallest absolute Gasteiger partial charge is 0.262 e. The maximum Gasteiger partial charge on any atom is 0.262 e. The van der Waals surface area contributed by atoms with Gasteiger partial charge >= 0.3 is 0 Å². The molecule has 0 bridgehead atoms. The van der Waals surface area contributed by atoms with Crippen molar-refractivity contribution in [2.24, 2.45) is 7.05 Å². The first-order chi connectivity index (χ1) is 6.89. The number of H-pyrrole nitrogens is 1. The van der Waals surface area contributed by atoms with E-state index in [9.17, 15) is 13.2 Å². The summed E-state index contributed by atoms with van der Waals surface area (Å²) in [6, 6.07) is 0. The van der Waals surface area contributed by atoms with E-state index in [2.05, 4.69) is 15.1 Å². The van der Waals surface area contributed by atoms with Gasteiger partial charge < -0.3 is 0 Å². The average Bonchev–Trinajstić information content (AvgIpc) is 2.47. The van der Waals surface area contributed by atoms with Crippen LogP contribution in [-0.4, -0.2) is 34.4 Å². The quantitative estimate of drug-likeness (QED) is 0.635. The van der Waals surface area contributed by atoms with E-state index in [-0.39, 0.29) is 16.2 Å². The number of hydrogen-bond acceptors (Lipinski definition) is 5. The zero-order valence-electron chi connectivity index (χ0n) is 8.05. The molecular formula is C7H8N4O3S. The Bertz CT molecular complexity index is 682. The van der Waals surface area contributed by atoms with Crippen LogP contribution >= 0.6 is 0 Å². The molecule has 0 radical (unpaired) electrons. The average molecular weight is 228 g/mol. The van der Waals surface area contributed by atoms with Gasteiger partial charge in [-0.25, -0.2) is 8.42 Å². The minimum atomic E-state index is -3.52. The van der Waals surface area contributed by atoms with Crippen LogP contribution < -0.4 is 5.56 Å². The number of sulfone groups is 1. The van der Waals surface area contributed by atoms with E-state index in [0.29, 0.717) is 0 Å². The number of rotatable bonds is 1. The van der Waals surface area contributed by atoms with Crippen molar-refractivity contribution in [3.05, 3.63) is 16.6 Å². The molecule has 1 N–H and O–H groups in total. The third-order valence-corrected chi connectivity index (χ3v) is 2.83. The maximum atomic E-state index is 11.4. The molecule has 0 saturated heterocycles. The van der Waals surface area contributed by atoms with E-state index in [1.54, 1.807) is 7.05 Å². The number of nitrogens with one attached hydrogen (secondary N) is 1. The molecule has 0 aliphatic carbocycles. The molecule has 0 atom stereocenters. The Labute approximate surface area is 84.7 Å². The van der Waals surface area contributed by atoms with Gasteiger partial charge in [0.1, 0.15) is 5.39 Å². The van der Waals surface area contributed by atoms with Gasteiger partial charge in [0.15, 0.2) is 5.65 Å². The van der Waals surface area contributed by atoms with Gasteiger partial charge in [0.2, 0.25) is 15.0 Å². The monoisotopic (exact) mass is 228 g/mol. The van der Waals surface area contributed by atoms with Crippen LogP contribution in [-0.2, 0) is 16.9 Å². The summed E-state index contributed by atoms with van der Waals surface area (Å²) >= 11 is 0. The Balaban J connectivity index is 2.95. The molecule has 0 aliphatic rings. The second kappa shape index (κ2) is 2.89. The van der Waals surface area contributed by atoms with Crippen molar-refractivity contribution in [1.82, 2.24) is 19.7 Å². The van der Waals surface area contributed by atoms with Gasteiger partial charge in [-0.2, -0.15) is 10.1 Å². The van der Waals surface area contributed by atoms with Crippen molar-refractivity contribution in [2.75, 3.05) is 6.26 Å². The number of aryl methyl sites for hydroxylation is 1. The van der Waals surface area contributed by atoms with E-state index in [4.69, 9.17) is 0 Å². The van der Waals surface area contributed by atoms with Crippen molar-refractivity contribution in [3.8, 4) is 0 Å². The lowest BCUT2D eigenvalue weighted by atomic mass is 10.4. The molecule has 0 aliphatic heterocycles. The van der Waals surface area contributed by atoms with E-state index in [1.807, 2.05) is 0 Å². The zero-order valence-corrected chi connectivity index (χ0v) is 8.87. The van der Waals surface area contributed by atoms with Crippen LogP contribution in [0.2, 0.25) is 0 Å². The van der Waals surface area contributed by atoms with Crippen molar-refractivity contribution in [2.45, 2.75) is 5.16 Å². The molecule has 0 unspecified atom stereocenters. The lowest BCUT2D eigenvalue weighted by Gasteiger charge is -1.97. The van der Waals surface area contributed by atoms with Crippen molar-refractivity contribution in [1.29, 1.82) is 0 Å². The fourth-order valence-electron chi connectivity index (χ4n) is 1.19. The lowest BCUT2D eigenvalue weighted by Crippen LogP contribution is -2.15. The third-order valence-electron chi connectivity index (χ3n) is 1.93. The van der Waals surface area contributed by atoms with Gasteiger partial charge in [-0.1, -0.05) is 0 Å². The Kier molecular flexibility index (Phi) is 1.90. The summed E-state index contributed by atoms with van der Waals surface area (Å²) in [5, 5.41) is 3.74. The van der Waals surface area contributed by atoms with Gasteiger partial charge in [0.25, 0.3) is 5.56 Å². The highest BCUT2D eigenvalue weighted by Gasteiger charge is 2.14. The number of aromatic amines is 1. The number of hydrogen-bond donors (Lipinski definition) is 1. The topological polar surface area (TPSA) is 97.7 Å². The highest BCUT2D eigenvalue weighted by molar-refractivity contribution is 7.90. The summed E-state index contributed by atoms with van der Waals surface area (Å²) < 4.78 is 23.7. The number of nitrogens with zero attached hydrogens (tertiary/aromatic N) is 3. The van der Waals surface area contributed by atoms with E-state index < -0.39 is 15.4 Å². The fraction of sp³-hybridized carbons (Fsp3) is 0.286. The molecule has 2 rings (SSSR count). The number of fused-ring (bicyclic) bond motifs is 1. The molecule has 0 amide bonds. The Morgan fingerprint density at radius 2 is 2.13 bits per heavy atom. The Hall–Kier alpha value is -1.70. The van der Waals surface area contributed by atoms with E-state index in [1.165, 1.54) is 10.9 Å². The minimum absolute atomic E-state index is 0.249.